The quantitative estimate of drug-likeness (QED) is 0.580. The van der Waals surface area contributed by atoms with Crippen LogP contribution < -0.4 is 20.3 Å². The zero-order valence-electron chi connectivity index (χ0n) is 18.0. The fourth-order valence-electron chi connectivity index (χ4n) is 3.36. The molecule has 0 aliphatic carbocycles. The van der Waals surface area contributed by atoms with E-state index in [1.807, 2.05) is 6.92 Å². The zero-order chi connectivity index (χ0) is 23.1. The second-order valence-corrected chi connectivity index (χ2v) is 9.12. The topological polar surface area (TPSA) is 114 Å². The van der Waals surface area contributed by atoms with Crippen molar-refractivity contribution in [2.75, 3.05) is 13.2 Å². The Hall–Kier alpha value is -3.11. The molecule has 1 heterocycles. The van der Waals surface area contributed by atoms with Crippen LogP contribution >= 0.6 is 0 Å². The van der Waals surface area contributed by atoms with Crippen LogP contribution in [0.25, 0.3) is 0 Å². The van der Waals surface area contributed by atoms with Crippen LogP contribution in [0.1, 0.15) is 26.7 Å². The second kappa shape index (κ2) is 10.5. The summed E-state index contributed by atoms with van der Waals surface area (Å²) >= 11 is 0. The van der Waals surface area contributed by atoms with Crippen LogP contribution in [-0.2, 0) is 19.6 Å². The molecule has 2 amide bonds. The molecule has 2 aromatic carbocycles. The van der Waals surface area contributed by atoms with E-state index in [2.05, 4.69) is 10.9 Å². The van der Waals surface area contributed by atoms with Crippen molar-refractivity contribution in [1.82, 2.24) is 15.2 Å². The van der Waals surface area contributed by atoms with E-state index in [1.54, 1.807) is 49.4 Å². The Balaban J connectivity index is 1.55. The van der Waals surface area contributed by atoms with Crippen molar-refractivity contribution in [2.24, 2.45) is 0 Å². The lowest BCUT2D eigenvalue weighted by molar-refractivity contribution is -0.133. The second-order valence-electron chi connectivity index (χ2n) is 7.23. The molecule has 2 unspecified atom stereocenters. The van der Waals surface area contributed by atoms with Gasteiger partial charge in [0, 0.05) is 6.54 Å². The minimum atomic E-state index is -3.81. The van der Waals surface area contributed by atoms with Gasteiger partial charge in [-0.2, -0.15) is 4.31 Å². The Bertz CT molecular complexity index is 1030. The van der Waals surface area contributed by atoms with Crippen LogP contribution in [0.15, 0.2) is 59.5 Å². The Morgan fingerprint density at radius 3 is 2.38 bits per heavy atom. The molecule has 172 valence electrons. The number of carbonyl (C=O) groups is 2. The number of amides is 2. The molecule has 9 nitrogen and oxygen atoms in total. The van der Waals surface area contributed by atoms with Crippen LogP contribution in [0.2, 0.25) is 0 Å². The third kappa shape index (κ3) is 5.57. The normalized spacial score (nSPS) is 17.4. The van der Waals surface area contributed by atoms with E-state index < -0.39 is 34.0 Å². The molecule has 1 fully saturated rings. The summed E-state index contributed by atoms with van der Waals surface area (Å²) in [5, 5.41) is 0. The summed E-state index contributed by atoms with van der Waals surface area (Å²) in [6, 6.07) is 13.9. The number of benzene rings is 2. The van der Waals surface area contributed by atoms with Gasteiger partial charge in [0.1, 0.15) is 17.5 Å². The van der Waals surface area contributed by atoms with E-state index in [-0.39, 0.29) is 11.4 Å². The van der Waals surface area contributed by atoms with Gasteiger partial charge in [0.05, 0.1) is 11.5 Å². The fraction of sp³-hybridized carbons (Fsp3) is 0.364. The number of rotatable bonds is 8. The molecule has 32 heavy (non-hydrogen) atoms. The molecule has 0 spiro atoms. The largest absolute Gasteiger partial charge is 0.494 e. The van der Waals surface area contributed by atoms with Gasteiger partial charge in [-0.05, 0) is 63.1 Å². The van der Waals surface area contributed by atoms with Crippen LogP contribution in [0, 0.1) is 0 Å². The summed E-state index contributed by atoms with van der Waals surface area (Å²) in [5.41, 5.74) is 4.64. The molecule has 2 atom stereocenters. The van der Waals surface area contributed by atoms with Crippen molar-refractivity contribution in [2.45, 2.75) is 43.7 Å². The number of carbonyl (C=O) groups excluding carboxylic acids is 2. The van der Waals surface area contributed by atoms with Crippen molar-refractivity contribution < 1.29 is 27.5 Å². The highest BCUT2D eigenvalue weighted by Gasteiger charge is 2.39. The number of hydrazine groups is 1. The molecule has 10 heteroatoms. The lowest BCUT2D eigenvalue weighted by Crippen LogP contribution is -2.53. The first-order valence-corrected chi connectivity index (χ1v) is 11.8. The molecule has 0 bridgehead atoms. The van der Waals surface area contributed by atoms with Crippen molar-refractivity contribution in [3.05, 3.63) is 54.6 Å². The third-order valence-electron chi connectivity index (χ3n) is 4.98. The number of nitrogens with one attached hydrogen (secondary N) is 2. The summed E-state index contributed by atoms with van der Waals surface area (Å²) in [7, 11) is -3.81. The van der Waals surface area contributed by atoms with E-state index in [4.69, 9.17) is 9.47 Å². The van der Waals surface area contributed by atoms with Gasteiger partial charge in [0.15, 0.2) is 6.10 Å². The zero-order valence-corrected chi connectivity index (χ0v) is 18.8. The third-order valence-corrected chi connectivity index (χ3v) is 6.90. The van der Waals surface area contributed by atoms with Crippen molar-refractivity contribution in [1.29, 1.82) is 0 Å². The molecule has 0 aromatic heterocycles. The SMILES string of the molecule is CCOc1ccc(OC(C)C(=O)NNC(=O)C2CCCN2S(=O)(=O)c2ccccc2)cc1. The highest BCUT2D eigenvalue weighted by Crippen LogP contribution is 2.26. The number of ether oxygens (including phenoxy) is 2. The average Bonchev–Trinajstić information content (AvgIpc) is 3.30. The van der Waals surface area contributed by atoms with Crippen molar-refractivity contribution in [3.8, 4) is 11.5 Å². The van der Waals surface area contributed by atoms with Crippen LogP contribution in [0.5, 0.6) is 11.5 Å². The number of nitrogens with zero attached hydrogens (tertiary/aromatic N) is 1. The van der Waals surface area contributed by atoms with Gasteiger partial charge in [-0.25, -0.2) is 8.42 Å². The molecular formula is C22H27N3O6S. The van der Waals surface area contributed by atoms with Crippen LogP contribution in [0.3, 0.4) is 0 Å². The maximum absolute atomic E-state index is 12.9. The molecule has 1 aliphatic rings. The maximum atomic E-state index is 12.9. The molecule has 1 aliphatic heterocycles. The van der Waals surface area contributed by atoms with Gasteiger partial charge in [-0.1, -0.05) is 18.2 Å². The van der Waals surface area contributed by atoms with E-state index in [0.29, 0.717) is 30.9 Å². The standard InChI is InChI=1S/C22H27N3O6S/c1-3-30-17-11-13-18(14-12-17)31-16(2)21(26)23-24-22(27)20-10-7-15-25(20)32(28,29)19-8-5-4-6-9-19/h4-6,8-9,11-14,16,20H,3,7,10,15H2,1-2H3,(H,23,26)(H,24,27). The van der Waals surface area contributed by atoms with Gasteiger partial charge in [-0.3, -0.25) is 20.4 Å². The average molecular weight is 462 g/mol. The summed E-state index contributed by atoms with van der Waals surface area (Å²) in [6.45, 7) is 4.21. The summed E-state index contributed by atoms with van der Waals surface area (Å²) < 4.78 is 37.9. The molecule has 3 rings (SSSR count). The van der Waals surface area contributed by atoms with Crippen LogP contribution in [0.4, 0.5) is 0 Å². The Morgan fingerprint density at radius 2 is 1.72 bits per heavy atom. The summed E-state index contributed by atoms with van der Waals surface area (Å²) in [5.74, 6) is 0.000430. The Kier molecular flexibility index (Phi) is 7.70. The minimum Gasteiger partial charge on any atom is -0.494 e. The fourth-order valence-corrected chi connectivity index (χ4v) is 5.04. The summed E-state index contributed by atoms with van der Waals surface area (Å²) in [4.78, 5) is 25.1. The van der Waals surface area contributed by atoms with Crippen LogP contribution in [-0.4, -0.2) is 49.8 Å². The van der Waals surface area contributed by atoms with Gasteiger partial charge in [-0.15, -0.1) is 0 Å². The van der Waals surface area contributed by atoms with E-state index in [9.17, 15) is 18.0 Å². The highest BCUT2D eigenvalue weighted by atomic mass is 32.2. The first-order chi connectivity index (χ1) is 15.3. The lowest BCUT2D eigenvalue weighted by Gasteiger charge is -2.24. The smallest absolute Gasteiger partial charge is 0.279 e. The van der Waals surface area contributed by atoms with Gasteiger partial charge in [0.2, 0.25) is 10.0 Å². The molecule has 0 radical (unpaired) electrons. The molecule has 2 aromatic rings. The van der Waals surface area contributed by atoms with Crippen molar-refractivity contribution in [3.63, 3.8) is 0 Å². The predicted molar refractivity (Wildman–Crippen MR) is 117 cm³/mol. The van der Waals surface area contributed by atoms with E-state index >= 15 is 0 Å². The molecule has 1 saturated heterocycles. The number of hydrogen-bond acceptors (Lipinski definition) is 6. The van der Waals surface area contributed by atoms with E-state index in [1.165, 1.54) is 16.4 Å². The van der Waals surface area contributed by atoms with Crippen molar-refractivity contribution >= 4 is 21.8 Å². The molecular weight excluding hydrogens is 434 g/mol. The summed E-state index contributed by atoms with van der Waals surface area (Å²) in [6.07, 6.45) is 0.0300. The van der Waals surface area contributed by atoms with Gasteiger partial charge in [0.25, 0.3) is 11.8 Å². The molecule has 0 saturated carbocycles. The van der Waals surface area contributed by atoms with Gasteiger partial charge >= 0.3 is 0 Å². The molecule has 2 N–H and O–H groups in total. The van der Waals surface area contributed by atoms with E-state index in [0.717, 1.165) is 0 Å². The lowest BCUT2D eigenvalue weighted by atomic mass is 10.2. The first-order valence-electron chi connectivity index (χ1n) is 10.4. The minimum absolute atomic E-state index is 0.126. The number of hydrogen-bond donors (Lipinski definition) is 2. The highest BCUT2D eigenvalue weighted by molar-refractivity contribution is 7.89. The van der Waals surface area contributed by atoms with Gasteiger partial charge < -0.3 is 9.47 Å². The predicted octanol–water partition coefficient (Wildman–Crippen LogP) is 1.85. The number of sulfonamides is 1. The first kappa shape index (κ1) is 23.6. The maximum Gasteiger partial charge on any atom is 0.279 e. The Morgan fingerprint density at radius 1 is 1.06 bits per heavy atom. The monoisotopic (exact) mass is 461 g/mol. The Labute approximate surface area is 187 Å².